The number of ether oxygens (including phenoxy) is 2. The summed E-state index contributed by atoms with van der Waals surface area (Å²) in [4.78, 5) is 0. The van der Waals surface area contributed by atoms with Crippen molar-refractivity contribution in [3.8, 4) is 17.2 Å². The van der Waals surface area contributed by atoms with Crippen LogP contribution in [0.2, 0.25) is 0 Å². The van der Waals surface area contributed by atoms with E-state index in [4.69, 9.17) is 14.6 Å². The summed E-state index contributed by atoms with van der Waals surface area (Å²) in [6.07, 6.45) is 0. The van der Waals surface area contributed by atoms with Crippen LogP contribution in [0.1, 0.15) is 5.56 Å². The van der Waals surface area contributed by atoms with Crippen LogP contribution in [0, 0.1) is 11.6 Å². The molecule has 0 radical (unpaired) electrons. The molecule has 0 atom stereocenters. The summed E-state index contributed by atoms with van der Waals surface area (Å²) in [5.74, 6) is -1.47. The molecule has 3 nitrogen and oxygen atoms in total. The average molecular weight is 266 g/mol. The fourth-order valence-electron chi connectivity index (χ4n) is 1.58. The number of rotatable bonds is 4. The second-order valence-electron chi connectivity index (χ2n) is 3.83. The maximum Gasteiger partial charge on any atom is 0.198 e. The van der Waals surface area contributed by atoms with Crippen molar-refractivity contribution in [3.05, 3.63) is 53.6 Å². The zero-order chi connectivity index (χ0) is 13.8. The Kier molecular flexibility index (Phi) is 3.97. The molecule has 0 spiro atoms. The van der Waals surface area contributed by atoms with Crippen molar-refractivity contribution in [1.29, 1.82) is 0 Å². The first-order valence-corrected chi connectivity index (χ1v) is 5.54. The summed E-state index contributed by atoms with van der Waals surface area (Å²) < 4.78 is 37.5. The Morgan fingerprint density at radius 3 is 2.26 bits per heavy atom. The van der Waals surface area contributed by atoms with Gasteiger partial charge in [-0.15, -0.1) is 0 Å². The lowest BCUT2D eigenvalue weighted by molar-refractivity contribution is 0.279. The van der Waals surface area contributed by atoms with Crippen molar-refractivity contribution < 1.29 is 23.4 Å². The van der Waals surface area contributed by atoms with Crippen molar-refractivity contribution in [2.45, 2.75) is 6.61 Å². The second kappa shape index (κ2) is 5.67. The summed E-state index contributed by atoms with van der Waals surface area (Å²) in [6.45, 7) is -0.437. The molecular formula is C14H12F2O3. The summed E-state index contributed by atoms with van der Waals surface area (Å²) in [5.41, 5.74) is 0.146. The molecule has 1 N–H and O–H groups in total. The van der Waals surface area contributed by atoms with Crippen LogP contribution in [0.4, 0.5) is 8.78 Å². The molecule has 0 saturated heterocycles. The molecule has 0 heterocycles. The highest BCUT2D eigenvalue weighted by Crippen LogP contribution is 2.30. The molecule has 2 rings (SSSR count). The highest BCUT2D eigenvalue weighted by molar-refractivity contribution is 5.39. The van der Waals surface area contributed by atoms with Gasteiger partial charge in [0.25, 0.3) is 0 Å². The Labute approximate surface area is 109 Å². The minimum absolute atomic E-state index is 0.146. The van der Waals surface area contributed by atoms with Crippen molar-refractivity contribution in [1.82, 2.24) is 0 Å². The molecule has 5 heteroatoms. The van der Waals surface area contributed by atoms with E-state index in [-0.39, 0.29) is 11.3 Å². The highest BCUT2D eigenvalue weighted by Gasteiger charge is 2.13. The van der Waals surface area contributed by atoms with E-state index in [0.717, 1.165) is 12.1 Å². The molecule has 0 aliphatic rings. The van der Waals surface area contributed by atoms with Crippen molar-refractivity contribution >= 4 is 0 Å². The van der Waals surface area contributed by atoms with Crippen molar-refractivity contribution in [2.24, 2.45) is 0 Å². The molecule has 0 aromatic heterocycles. The Hall–Kier alpha value is -2.14. The maximum atomic E-state index is 13.7. The van der Waals surface area contributed by atoms with Gasteiger partial charge in [-0.1, -0.05) is 6.07 Å². The summed E-state index contributed by atoms with van der Waals surface area (Å²) in [5, 5.41) is 8.84. The van der Waals surface area contributed by atoms with E-state index < -0.39 is 24.0 Å². The number of aliphatic hydroxyl groups is 1. The minimum Gasteiger partial charge on any atom is -0.497 e. The average Bonchev–Trinajstić information content (AvgIpc) is 2.42. The molecule has 0 bridgehead atoms. The minimum atomic E-state index is -0.869. The molecule has 100 valence electrons. The van der Waals surface area contributed by atoms with E-state index in [2.05, 4.69) is 0 Å². The van der Waals surface area contributed by atoms with Gasteiger partial charge in [0, 0.05) is 6.07 Å². The molecule has 2 aromatic rings. The third-order valence-corrected chi connectivity index (χ3v) is 2.50. The first-order chi connectivity index (χ1) is 9.13. The topological polar surface area (TPSA) is 38.7 Å². The molecule has 2 aromatic carbocycles. The lowest BCUT2D eigenvalue weighted by atomic mass is 10.2. The highest BCUT2D eigenvalue weighted by atomic mass is 19.1. The van der Waals surface area contributed by atoms with Crippen LogP contribution >= 0.6 is 0 Å². The van der Waals surface area contributed by atoms with E-state index in [1.807, 2.05) is 0 Å². The molecule has 0 aliphatic carbocycles. The zero-order valence-corrected chi connectivity index (χ0v) is 10.2. The van der Waals surface area contributed by atoms with Crippen LogP contribution in [-0.2, 0) is 6.61 Å². The predicted molar refractivity (Wildman–Crippen MR) is 65.3 cm³/mol. The summed E-state index contributed by atoms with van der Waals surface area (Å²) >= 11 is 0. The van der Waals surface area contributed by atoms with Gasteiger partial charge in [-0.3, -0.25) is 0 Å². The molecule has 0 amide bonds. The fraction of sp³-hybridized carbons (Fsp3) is 0.143. The normalized spacial score (nSPS) is 10.3. The van der Waals surface area contributed by atoms with Gasteiger partial charge in [-0.05, 0) is 29.8 Å². The number of methoxy groups -OCH3 is 1. The number of aliphatic hydroxyl groups excluding tert-OH is 1. The van der Waals surface area contributed by atoms with Crippen LogP contribution in [0.5, 0.6) is 17.2 Å². The van der Waals surface area contributed by atoms with Gasteiger partial charge in [0.05, 0.1) is 13.7 Å². The molecule has 0 unspecified atom stereocenters. The lowest BCUT2D eigenvalue weighted by Crippen LogP contribution is -1.96. The molecule has 0 fully saturated rings. The second-order valence-corrected chi connectivity index (χ2v) is 3.83. The maximum absolute atomic E-state index is 13.7. The third-order valence-electron chi connectivity index (χ3n) is 2.50. The van der Waals surface area contributed by atoms with Crippen LogP contribution in [0.3, 0.4) is 0 Å². The van der Waals surface area contributed by atoms with E-state index >= 15 is 0 Å². The molecular weight excluding hydrogens is 254 g/mol. The lowest BCUT2D eigenvalue weighted by Gasteiger charge is -2.10. The first kappa shape index (κ1) is 13.3. The number of hydrogen-bond acceptors (Lipinski definition) is 3. The molecule has 19 heavy (non-hydrogen) atoms. The van der Waals surface area contributed by atoms with E-state index in [9.17, 15) is 8.78 Å². The smallest absolute Gasteiger partial charge is 0.198 e. The Balaban J connectivity index is 2.32. The van der Waals surface area contributed by atoms with E-state index in [1.165, 1.54) is 13.2 Å². The SMILES string of the molecule is COc1cccc(Oc2c(F)cc(CO)cc2F)c1. The predicted octanol–water partition coefficient (Wildman–Crippen LogP) is 3.26. The Morgan fingerprint density at radius 2 is 1.68 bits per heavy atom. The van der Waals surface area contributed by atoms with Crippen molar-refractivity contribution in [2.75, 3.05) is 7.11 Å². The van der Waals surface area contributed by atoms with Gasteiger partial charge in [-0.2, -0.15) is 0 Å². The fourth-order valence-corrected chi connectivity index (χ4v) is 1.58. The largest absolute Gasteiger partial charge is 0.497 e. The first-order valence-electron chi connectivity index (χ1n) is 5.54. The van der Waals surface area contributed by atoms with E-state index in [1.54, 1.807) is 18.2 Å². The molecule has 0 aliphatic heterocycles. The Bertz CT molecular complexity index is 562. The number of hydrogen-bond donors (Lipinski definition) is 1. The standard InChI is InChI=1S/C14H12F2O3/c1-18-10-3-2-4-11(7-10)19-14-12(15)5-9(8-17)6-13(14)16/h2-7,17H,8H2,1H3. The zero-order valence-electron chi connectivity index (χ0n) is 10.2. The number of benzene rings is 2. The number of halogens is 2. The summed E-state index contributed by atoms with van der Waals surface area (Å²) in [7, 11) is 1.48. The van der Waals surface area contributed by atoms with Crippen molar-refractivity contribution in [3.63, 3.8) is 0 Å². The van der Waals surface area contributed by atoms with Gasteiger partial charge in [0.1, 0.15) is 11.5 Å². The van der Waals surface area contributed by atoms with Gasteiger partial charge < -0.3 is 14.6 Å². The van der Waals surface area contributed by atoms with E-state index in [0.29, 0.717) is 5.75 Å². The molecule has 0 saturated carbocycles. The van der Waals surface area contributed by atoms with Crippen LogP contribution < -0.4 is 9.47 Å². The third kappa shape index (κ3) is 3.00. The van der Waals surface area contributed by atoms with Gasteiger partial charge in [0.2, 0.25) is 0 Å². The Morgan fingerprint density at radius 1 is 1.05 bits per heavy atom. The van der Waals surface area contributed by atoms with Crippen LogP contribution in [-0.4, -0.2) is 12.2 Å². The monoisotopic (exact) mass is 266 g/mol. The van der Waals surface area contributed by atoms with Gasteiger partial charge >= 0.3 is 0 Å². The summed E-state index contributed by atoms with van der Waals surface area (Å²) in [6, 6.07) is 8.46. The quantitative estimate of drug-likeness (QED) is 0.923. The van der Waals surface area contributed by atoms with Gasteiger partial charge in [-0.25, -0.2) is 8.78 Å². The van der Waals surface area contributed by atoms with Crippen LogP contribution in [0.15, 0.2) is 36.4 Å². The van der Waals surface area contributed by atoms with Crippen LogP contribution in [0.25, 0.3) is 0 Å². The van der Waals surface area contributed by atoms with Gasteiger partial charge in [0.15, 0.2) is 17.4 Å².